The molecule has 2 aliphatic rings. The van der Waals surface area contributed by atoms with Gasteiger partial charge in [-0.3, -0.25) is 4.79 Å². The summed E-state index contributed by atoms with van der Waals surface area (Å²) in [6.07, 6.45) is 9.06. The van der Waals surface area contributed by atoms with Crippen LogP contribution in [0.1, 0.15) is 44.9 Å². The molecule has 0 bridgehead atoms. The molecule has 6 heteroatoms. The number of carbonyl (C=O) groups excluding carboxylic acids is 1. The topological polar surface area (TPSA) is 57.7 Å². The van der Waals surface area contributed by atoms with Gasteiger partial charge in [0.2, 0.25) is 5.91 Å². The van der Waals surface area contributed by atoms with Crippen LogP contribution < -0.4 is 0 Å². The molecule has 2 fully saturated rings. The van der Waals surface area contributed by atoms with Crippen molar-refractivity contribution in [1.29, 1.82) is 0 Å². The van der Waals surface area contributed by atoms with Crippen molar-refractivity contribution in [3.05, 3.63) is 12.7 Å². The summed E-state index contributed by atoms with van der Waals surface area (Å²) < 4.78 is 23.4. The number of likely N-dealkylation sites (tertiary alicyclic amines) is 1. The molecule has 0 radical (unpaired) electrons. The van der Waals surface area contributed by atoms with Crippen LogP contribution in [0.3, 0.4) is 0 Å². The first-order chi connectivity index (χ1) is 11.0. The molecule has 5 nitrogen and oxygen atoms in total. The number of rotatable bonds is 6. The van der Waals surface area contributed by atoms with Crippen molar-refractivity contribution in [1.82, 2.24) is 9.80 Å². The smallest absolute Gasteiger partial charge is 0.224 e. The third-order valence-corrected chi connectivity index (χ3v) is 6.64. The van der Waals surface area contributed by atoms with E-state index >= 15 is 0 Å². The van der Waals surface area contributed by atoms with Gasteiger partial charge in [-0.2, -0.15) is 0 Å². The fraction of sp³-hybridized carbons (Fsp3) is 0.824. The minimum Gasteiger partial charge on any atom is -0.335 e. The molecule has 132 valence electrons. The second-order valence-corrected chi connectivity index (χ2v) is 8.98. The third kappa shape index (κ3) is 5.92. The summed E-state index contributed by atoms with van der Waals surface area (Å²) in [6.45, 7) is 7.09. The van der Waals surface area contributed by atoms with E-state index in [2.05, 4.69) is 11.5 Å². The van der Waals surface area contributed by atoms with Crippen LogP contribution in [0.5, 0.6) is 0 Å². The minimum atomic E-state index is -2.98. The van der Waals surface area contributed by atoms with E-state index in [4.69, 9.17) is 0 Å². The van der Waals surface area contributed by atoms with E-state index in [-0.39, 0.29) is 23.5 Å². The fourth-order valence-corrected chi connectivity index (χ4v) is 5.28. The number of carbonyl (C=O) groups is 1. The standard InChI is InChI=1S/C17H30N2O3S/c1-2-10-19(16-9-14-23(21,22)15-16)17(20)8-13-18-11-6-4-3-5-7-12-18/h2,16H,1,3-15H2. The third-order valence-electron chi connectivity index (χ3n) is 4.89. The molecular formula is C17H30N2O3S. The van der Waals surface area contributed by atoms with Gasteiger partial charge in [0.15, 0.2) is 9.84 Å². The van der Waals surface area contributed by atoms with Gasteiger partial charge in [0.25, 0.3) is 0 Å². The van der Waals surface area contributed by atoms with E-state index in [0.29, 0.717) is 19.4 Å². The predicted molar refractivity (Wildman–Crippen MR) is 93.1 cm³/mol. The fourth-order valence-electron chi connectivity index (χ4n) is 3.55. The highest BCUT2D eigenvalue weighted by Gasteiger charge is 2.33. The van der Waals surface area contributed by atoms with Crippen molar-refractivity contribution in [3.63, 3.8) is 0 Å². The normalized spacial score (nSPS) is 25.5. The number of nitrogens with zero attached hydrogens (tertiary/aromatic N) is 2. The summed E-state index contributed by atoms with van der Waals surface area (Å²) in [5, 5.41) is 0. The number of amides is 1. The second kappa shape index (κ2) is 8.83. The average molecular weight is 343 g/mol. The summed E-state index contributed by atoms with van der Waals surface area (Å²) in [7, 11) is -2.98. The molecule has 1 unspecified atom stereocenters. The number of sulfone groups is 1. The molecule has 0 aromatic heterocycles. The van der Waals surface area contributed by atoms with Crippen molar-refractivity contribution < 1.29 is 13.2 Å². The lowest BCUT2D eigenvalue weighted by Gasteiger charge is -2.29. The van der Waals surface area contributed by atoms with E-state index in [0.717, 1.165) is 19.6 Å². The van der Waals surface area contributed by atoms with Crippen LogP contribution in [0.4, 0.5) is 0 Å². The average Bonchev–Trinajstić information content (AvgIpc) is 2.83. The lowest BCUT2D eigenvalue weighted by molar-refractivity contribution is -0.132. The maximum Gasteiger partial charge on any atom is 0.224 e. The van der Waals surface area contributed by atoms with Gasteiger partial charge in [-0.25, -0.2) is 8.42 Å². The van der Waals surface area contributed by atoms with E-state index in [1.807, 2.05) is 0 Å². The van der Waals surface area contributed by atoms with Crippen LogP contribution in [-0.4, -0.2) is 67.9 Å². The van der Waals surface area contributed by atoms with Gasteiger partial charge in [0, 0.05) is 25.6 Å². The van der Waals surface area contributed by atoms with Crippen molar-refractivity contribution in [2.45, 2.75) is 51.0 Å². The molecule has 23 heavy (non-hydrogen) atoms. The van der Waals surface area contributed by atoms with E-state index in [9.17, 15) is 13.2 Å². The molecule has 1 atom stereocenters. The Balaban J connectivity index is 1.86. The molecule has 2 saturated heterocycles. The quantitative estimate of drug-likeness (QED) is 0.691. The monoisotopic (exact) mass is 342 g/mol. The number of hydrogen-bond donors (Lipinski definition) is 0. The summed E-state index contributed by atoms with van der Waals surface area (Å²) in [5.41, 5.74) is 0. The maximum atomic E-state index is 12.6. The maximum absolute atomic E-state index is 12.6. The Morgan fingerprint density at radius 2 is 1.83 bits per heavy atom. The second-order valence-electron chi connectivity index (χ2n) is 6.75. The Hall–Kier alpha value is -0.880. The molecule has 0 spiro atoms. The number of hydrogen-bond acceptors (Lipinski definition) is 4. The Labute approximate surface area is 140 Å². The van der Waals surface area contributed by atoms with Crippen LogP contribution in [0, 0.1) is 0 Å². The molecule has 0 aliphatic carbocycles. The van der Waals surface area contributed by atoms with Crippen LogP contribution in [-0.2, 0) is 14.6 Å². The first-order valence-electron chi connectivity index (χ1n) is 8.85. The Morgan fingerprint density at radius 1 is 1.17 bits per heavy atom. The van der Waals surface area contributed by atoms with Crippen LogP contribution in [0.2, 0.25) is 0 Å². The van der Waals surface area contributed by atoms with Crippen molar-refractivity contribution in [2.75, 3.05) is 37.7 Å². The molecule has 1 amide bonds. The molecule has 0 aromatic carbocycles. The zero-order chi connectivity index (χ0) is 16.7. The Bertz CT molecular complexity index is 496. The SMILES string of the molecule is C=CCN(C(=O)CCN1CCCCCCC1)C1CCS(=O)(=O)C1. The van der Waals surface area contributed by atoms with E-state index in [1.54, 1.807) is 11.0 Å². The van der Waals surface area contributed by atoms with Crippen LogP contribution in [0.25, 0.3) is 0 Å². The highest BCUT2D eigenvalue weighted by atomic mass is 32.2. The van der Waals surface area contributed by atoms with Gasteiger partial charge < -0.3 is 9.80 Å². The van der Waals surface area contributed by atoms with Crippen molar-refractivity contribution >= 4 is 15.7 Å². The van der Waals surface area contributed by atoms with Crippen molar-refractivity contribution in [2.24, 2.45) is 0 Å². The predicted octanol–water partition coefficient (Wildman–Crippen LogP) is 1.84. The van der Waals surface area contributed by atoms with E-state index in [1.165, 1.54) is 32.1 Å². The van der Waals surface area contributed by atoms with E-state index < -0.39 is 9.84 Å². The first kappa shape index (κ1) is 18.5. The molecule has 2 heterocycles. The first-order valence-corrected chi connectivity index (χ1v) is 10.7. The van der Waals surface area contributed by atoms with Crippen molar-refractivity contribution in [3.8, 4) is 0 Å². The molecule has 2 rings (SSSR count). The van der Waals surface area contributed by atoms with Crippen LogP contribution in [0.15, 0.2) is 12.7 Å². The summed E-state index contributed by atoms with van der Waals surface area (Å²) in [5.74, 6) is 0.371. The molecule has 0 saturated carbocycles. The molecule has 2 aliphatic heterocycles. The zero-order valence-electron chi connectivity index (χ0n) is 14.1. The van der Waals surface area contributed by atoms with Gasteiger partial charge in [0.05, 0.1) is 11.5 Å². The largest absolute Gasteiger partial charge is 0.335 e. The Kier molecular flexibility index (Phi) is 7.09. The van der Waals surface area contributed by atoms with Gasteiger partial charge in [-0.1, -0.05) is 25.3 Å². The summed E-state index contributed by atoms with van der Waals surface area (Å²) in [6, 6.07) is -0.169. The highest BCUT2D eigenvalue weighted by molar-refractivity contribution is 7.91. The minimum absolute atomic E-state index is 0.0639. The summed E-state index contributed by atoms with van der Waals surface area (Å²) in [4.78, 5) is 16.7. The van der Waals surface area contributed by atoms with Gasteiger partial charge in [0.1, 0.15) is 0 Å². The van der Waals surface area contributed by atoms with Gasteiger partial charge in [-0.15, -0.1) is 6.58 Å². The lowest BCUT2D eigenvalue weighted by Crippen LogP contribution is -2.42. The zero-order valence-corrected chi connectivity index (χ0v) is 14.9. The summed E-state index contributed by atoms with van der Waals surface area (Å²) >= 11 is 0. The van der Waals surface area contributed by atoms with Gasteiger partial charge in [-0.05, 0) is 32.4 Å². The molecule has 0 aromatic rings. The highest BCUT2D eigenvalue weighted by Crippen LogP contribution is 2.19. The van der Waals surface area contributed by atoms with Crippen LogP contribution >= 0.6 is 0 Å². The van der Waals surface area contributed by atoms with Gasteiger partial charge >= 0.3 is 0 Å². The Morgan fingerprint density at radius 3 is 2.39 bits per heavy atom. The lowest BCUT2D eigenvalue weighted by atomic mass is 10.1. The molecular weight excluding hydrogens is 312 g/mol. The molecule has 0 N–H and O–H groups in total.